The summed E-state index contributed by atoms with van der Waals surface area (Å²) < 4.78 is 27.3. The molecule has 4 heteroatoms. The quantitative estimate of drug-likeness (QED) is 0.760. The second kappa shape index (κ2) is 5.55. The summed E-state index contributed by atoms with van der Waals surface area (Å²) in [4.78, 5) is 0. The van der Waals surface area contributed by atoms with Crippen LogP contribution in [0.25, 0.3) is 0 Å². The fourth-order valence-corrected chi connectivity index (χ4v) is 2.88. The first-order valence-corrected chi connectivity index (χ1v) is 7.17. The normalized spacial score (nSPS) is 28.2. The molecule has 1 N–H and O–H groups in total. The number of anilines is 1. The first-order valence-electron chi connectivity index (χ1n) is 6.38. The number of nitrogens with one attached hydrogen (secondary N) is 1. The molecule has 1 aromatic carbocycles. The van der Waals surface area contributed by atoms with Crippen LogP contribution in [0.4, 0.5) is 14.5 Å². The third kappa shape index (κ3) is 3.02. The van der Waals surface area contributed by atoms with Gasteiger partial charge in [-0.3, -0.25) is 0 Å². The summed E-state index contributed by atoms with van der Waals surface area (Å²) >= 11 is 2.98. The molecule has 1 fully saturated rings. The molecule has 1 nitrogen and oxygen atoms in total. The maximum absolute atomic E-state index is 13.8. The van der Waals surface area contributed by atoms with Crippen molar-refractivity contribution in [3.63, 3.8) is 0 Å². The summed E-state index contributed by atoms with van der Waals surface area (Å²) in [5.74, 6) is 0.290. The van der Waals surface area contributed by atoms with E-state index in [-0.39, 0.29) is 16.2 Å². The molecule has 2 rings (SSSR count). The standard InChI is InChI=1S/C14H18BrF2N/c1-8-3-4-9(2)13(5-8)18-14-7-11(16)10(15)6-12(14)17/h6-9,13,18H,3-5H2,1-2H3. The van der Waals surface area contributed by atoms with Crippen molar-refractivity contribution in [2.75, 3.05) is 5.32 Å². The van der Waals surface area contributed by atoms with E-state index in [2.05, 4.69) is 35.1 Å². The molecular formula is C14H18BrF2N. The van der Waals surface area contributed by atoms with E-state index < -0.39 is 11.6 Å². The highest BCUT2D eigenvalue weighted by Crippen LogP contribution is 2.32. The Morgan fingerprint density at radius 3 is 2.61 bits per heavy atom. The van der Waals surface area contributed by atoms with E-state index in [0.717, 1.165) is 12.8 Å². The predicted molar refractivity (Wildman–Crippen MR) is 73.6 cm³/mol. The first-order chi connectivity index (χ1) is 8.47. The second-order valence-electron chi connectivity index (χ2n) is 5.39. The molecule has 18 heavy (non-hydrogen) atoms. The molecule has 1 aromatic rings. The molecule has 0 amide bonds. The molecule has 3 unspecified atom stereocenters. The van der Waals surface area contributed by atoms with Gasteiger partial charge in [-0.2, -0.15) is 0 Å². The molecule has 1 aliphatic carbocycles. The van der Waals surface area contributed by atoms with Gasteiger partial charge in [0.05, 0.1) is 10.2 Å². The van der Waals surface area contributed by atoms with E-state index >= 15 is 0 Å². The van der Waals surface area contributed by atoms with E-state index in [4.69, 9.17) is 0 Å². The molecule has 0 saturated heterocycles. The van der Waals surface area contributed by atoms with Crippen molar-refractivity contribution in [3.05, 3.63) is 28.2 Å². The molecule has 0 bridgehead atoms. The van der Waals surface area contributed by atoms with E-state index in [1.54, 1.807) is 0 Å². The van der Waals surface area contributed by atoms with Crippen LogP contribution in [0.3, 0.4) is 0 Å². The minimum absolute atomic E-state index is 0.163. The molecule has 0 aliphatic heterocycles. The van der Waals surface area contributed by atoms with Crippen LogP contribution in [-0.2, 0) is 0 Å². The Balaban J connectivity index is 2.15. The van der Waals surface area contributed by atoms with Gasteiger partial charge in [-0.1, -0.05) is 20.3 Å². The zero-order valence-corrected chi connectivity index (χ0v) is 12.2. The van der Waals surface area contributed by atoms with Crippen molar-refractivity contribution in [1.29, 1.82) is 0 Å². The molecule has 0 heterocycles. The zero-order chi connectivity index (χ0) is 13.3. The molecule has 0 aromatic heterocycles. The van der Waals surface area contributed by atoms with Gasteiger partial charge in [-0.15, -0.1) is 0 Å². The third-order valence-corrected chi connectivity index (χ3v) is 4.42. The fraction of sp³-hybridized carbons (Fsp3) is 0.571. The Hall–Kier alpha value is -0.640. The van der Waals surface area contributed by atoms with Crippen LogP contribution in [0, 0.1) is 23.5 Å². The number of hydrogen-bond acceptors (Lipinski definition) is 1. The van der Waals surface area contributed by atoms with Gasteiger partial charge in [0, 0.05) is 12.1 Å². The monoisotopic (exact) mass is 317 g/mol. The average molecular weight is 318 g/mol. The summed E-state index contributed by atoms with van der Waals surface area (Å²) in [7, 11) is 0. The molecule has 3 atom stereocenters. The molecule has 1 saturated carbocycles. The molecule has 0 radical (unpaired) electrons. The minimum atomic E-state index is -0.435. The Morgan fingerprint density at radius 2 is 1.89 bits per heavy atom. The van der Waals surface area contributed by atoms with E-state index in [0.29, 0.717) is 11.8 Å². The summed E-state index contributed by atoms with van der Waals surface area (Å²) in [5, 5.41) is 3.16. The molecule has 1 aliphatic rings. The van der Waals surface area contributed by atoms with Gasteiger partial charge in [0.25, 0.3) is 0 Å². The number of benzene rings is 1. The maximum atomic E-state index is 13.8. The fourth-order valence-electron chi connectivity index (χ4n) is 2.57. The topological polar surface area (TPSA) is 12.0 Å². The van der Waals surface area contributed by atoms with Crippen LogP contribution in [0.2, 0.25) is 0 Å². The molecule has 100 valence electrons. The van der Waals surface area contributed by atoms with Crippen molar-refractivity contribution in [3.8, 4) is 0 Å². The van der Waals surface area contributed by atoms with E-state index in [1.165, 1.54) is 18.6 Å². The Bertz CT molecular complexity index is 436. The lowest BCUT2D eigenvalue weighted by molar-refractivity contribution is 0.280. The van der Waals surface area contributed by atoms with Gasteiger partial charge >= 0.3 is 0 Å². The summed E-state index contributed by atoms with van der Waals surface area (Å²) in [6, 6.07) is 2.63. The van der Waals surface area contributed by atoms with Gasteiger partial charge in [0.1, 0.15) is 11.6 Å². The summed E-state index contributed by atoms with van der Waals surface area (Å²) in [6.07, 6.45) is 3.37. The highest BCUT2D eigenvalue weighted by molar-refractivity contribution is 9.10. The largest absolute Gasteiger partial charge is 0.380 e. The Morgan fingerprint density at radius 1 is 1.17 bits per heavy atom. The lowest BCUT2D eigenvalue weighted by atomic mass is 9.80. The van der Waals surface area contributed by atoms with Gasteiger partial charge in [-0.25, -0.2) is 8.78 Å². The van der Waals surface area contributed by atoms with Crippen LogP contribution in [0.5, 0.6) is 0 Å². The molecule has 0 spiro atoms. The highest BCUT2D eigenvalue weighted by Gasteiger charge is 2.26. The number of halogens is 3. The van der Waals surface area contributed by atoms with E-state index in [1.807, 2.05) is 0 Å². The van der Waals surface area contributed by atoms with Gasteiger partial charge in [0.15, 0.2) is 0 Å². The average Bonchev–Trinajstić information content (AvgIpc) is 2.30. The van der Waals surface area contributed by atoms with Crippen LogP contribution in [0.1, 0.15) is 33.1 Å². The zero-order valence-electron chi connectivity index (χ0n) is 10.6. The third-order valence-electron chi connectivity index (χ3n) is 3.81. The van der Waals surface area contributed by atoms with Crippen LogP contribution < -0.4 is 5.32 Å². The smallest absolute Gasteiger partial charge is 0.147 e. The van der Waals surface area contributed by atoms with Gasteiger partial charge < -0.3 is 5.32 Å². The van der Waals surface area contributed by atoms with Crippen molar-refractivity contribution in [2.45, 2.75) is 39.2 Å². The van der Waals surface area contributed by atoms with Crippen molar-refractivity contribution in [2.24, 2.45) is 11.8 Å². The van der Waals surface area contributed by atoms with Gasteiger partial charge in [0.2, 0.25) is 0 Å². The SMILES string of the molecule is CC1CCC(C)C(Nc2cc(F)c(Br)cc2F)C1. The number of hydrogen-bond donors (Lipinski definition) is 1. The van der Waals surface area contributed by atoms with Crippen molar-refractivity contribution >= 4 is 21.6 Å². The highest BCUT2D eigenvalue weighted by atomic mass is 79.9. The van der Waals surface area contributed by atoms with E-state index in [9.17, 15) is 8.78 Å². The Labute approximate surface area is 115 Å². The summed E-state index contributed by atoms with van der Waals surface area (Å²) in [5.41, 5.74) is 0.265. The molecular weight excluding hydrogens is 300 g/mol. The first kappa shape index (κ1) is 13.8. The maximum Gasteiger partial charge on any atom is 0.147 e. The van der Waals surface area contributed by atoms with Crippen LogP contribution in [0.15, 0.2) is 16.6 Å². The summed E-state index contributed by atoms with van der Waals surface area (Å²) in [6.45, 7) is 4.37. The van der Waals surface area contributed by atoms with Crippen LogP contribution >= 0.6 is 15.9 Å². The van der Waals surface area contributed by atoms with Crippen molar-refractivity contribution < 1.29 is 8.78 Å². The minimum Gasteiger partial charge on any atom is -0.380 e. The second-order valence-corrected chi connectivity index (χ2v) is 6.25. The lowest BCUT2D eigenvalue weighted by Crippen LogP contribution is -2.33. The number of rotatable bonds is 2. The Kier molecular flexibility index (Phi) is 4.25. The van der Waals surface area contributed by atoms with Crippen molar-refractivity contribution in [1.82, 2.24) is 0 Å². The van der Waals surface area contributed by atoms with Gasteiger partial charge in [-0.05, 0) is 46.7 Å². The lowest BCUT2D eigenvalue weighted by Gasteiger charge is -2.34. The predicted octanol–water partition coefficient (Wildman–Crippen LogP) is 4.96. The van der Waals surface area contributed by atoms with Crippen LogP contribution in [-0.4, -0.2) is 6.04 Å².